The van der Waals surface area contributed by atoms with E-state index >= 15 is 0 Å². The summed E-state index contributed by atoms with van der Waals surface area (Å²) in [6.07, 6.45) is 0.652. The Morgan fingerprint density at radius 3 is 2.78 bits per heavy atom. The van der Waals surface area contributed by atoms with E-state index < -0.39 is 18.2 Å². The summed E-state index contributed by atoms with van der Waals surface area (Å²) >= 11 is 5.94. The number of aromatic nitrogens is 2. The SMILES string of the molecule is N#Cc1cc(F)cc(/C=C/CN2CCc3c(c4cc(OC(F)(F)F)ccc4n3C(=O)NCc3ccnc(Cl)c3)C2)c1. The largest absolute Gasteiger partial charge is 0.573 e. The molecule has 7 nitrogen and oxygen atoms in total. The molecule has 5 rings (SSSR count). The van der Waals surface area contributed by atoms with E-state index in [9.17, 15) is 22.4 Å². The van der Waals surface area contributed by atoms with Crippen LogP contribution in [0.4, 0.5) is 22.4 Å². The van der Waals surface area contributed by atoms with E-state index in [1.165, 1.54) is 35.0 Å². The van der Waals surface area contributed by atoms with E-state index in [4.69, 9.17) is 16.9 Å². The predicted octanol–water partition coefficient (Wildman–Crippen LogP) is 6.43. The number of benzene rings is 2. The summed E-state index contributed by atoms with van der Waals surface area (Å²) in [5.74, 6) is -0.894. The van der Waals surface area contributed by atoms with Gasteiger partial charge >= 0.3 is 12.4 Å². The van der Waals surface area contributed by atoms with Crippen LogP contribution >= 0.6 is 11.6 Å². The summed E-state index contributed by atoms with van der Waals surface area (Å²) in [5.41, 5.74) is 3.35. The fourth-order valence-corrected chi connectivity index (χ4v) is 5.10. The molecule has 12 heteroatoms. The molecule has 41 heavy (non-hydrogen) atoms. The minimum absolute atomic E-state index is 0.176. The Balaban J connectivity index is 1.42. The number of hydrogen-bond acceptors (Lipinski definition) is 5. The number of fused-ring (bicyclic) bond motifs is 3. The second-order valence-corrected chi connectivity index (χ2v) is 9.79. The molecule has 1 amide bonds. The molecule has 3 heterocycles. The van der Waals surface area contributed by atoms with Crippen LogP contribution in [0.5, 0.6) is 5.75 Å². The zero-order valence-corrected chi connectivity index (χ0v) is 22.1. The molecule has 0 unspecified atom stereocenters. The Kier molecular flexibility index (Phi) is 7.97. The highest BCUT2D eigenvalue weighted by Gasteiger charge is 2.32. The first kappa shape index (κ1) is 28.1. The molecule has 0 radical (unpaired) electrons. The molecule has 0 aliphatic carbocycles. The van der Waals surface area contributed by atoms with Crippen LogP contribution in [0.25, 0.3) is 17.0 Å². The Morgan fingerprint density at radius 2 is 2.02 bits per heavy atom. The Morgan fingerprint density at radius 1 is 1.20 bits per heavy atom. The zero-order valence-electron chi connectivity index (χ0n) is 21.4. The molecule has 0 atom stereocenters. The van der Waals surface area contributed by atoms with E-state index in [1.54, 1.807) is 24.3 Å². The number of halogens is 5. The van der Waals surface area contributed by atoms with Gasteiger partial charge in [0.05, 0.1) is 17.1 Å². The molecule has 1 aliphatic heterocycles. The lowest BCUT2D eigenvalue weighted by Gasteiger charge is -2.27. The number of pyridine rings is 1. The lowest BCUT2D eigenvalue weighted by atomic mass is 10.0. The quantitative estimate of drug-likeness (QED) is 0.209. The summed E-state index contributed by atoms with van der Waals surface area (Å²) in [7, 11) is 0. The summed E-state index contributed by atoms with van der Waals surface area (Å²) in [6.45, 7) is 1.56. The summed E-state index contributed by atoms with van der Waals surface area (Å²) < 4.78 is 58.3. The third-order valence-electron chi connectivity index (χ3n) is 6.59. The molecule has 2 aromatic heterocycles. The maximum Gasteiger partial charge on any atom is 0.573 e. The Labute approximate surface area is 237 Å². The van der Waals surface area contributed by atoms with Crippen LogP contribution in [-0.4, -0.2) is 39.9 Å². The van der Waals surface area contributed by atoms with Gasteiger partial charge in [0.2, 0.25) is 0 Å². The molecule has 0 bridgehead atoms. The fourth-order valence-electron chi connectivity index (χ4n) is 4.90. The molecular formula is C29H22ClF4N5O2. The standard InChI is InChI=1S/C29H22ClF4N5O2/c30-27-13-19(5-7-36-27)16-37-28(40)39-25-4-3-22(41-29(32,33)34)14-23(25)24-17-38(9-6-26(24)39)8-1-2-18-10-20(15-35)12-21(31)11-18/h1-5,7,10-14H,6,8-9,16-17H2,(H,37,40)/b2-1+. The topological polar surface area (TPSA) is 83.2 Å². The predicted molar refractivity (Wildman–Crippen MR) is 145 cm³/mol. The Bertz CT molecular complexity index is 1690. The van der Waals surface area contributed by atoms with E-state index in [0.29, 0.717) is 53.8 Å². The number of carbonyl (C=O) groups is 1. The highest BCUT2D eigenvalue weighted by Crippen LogP contribution is 2.35. The number of hydrogen-bond donors (Lipinski definition) is 1. The van der Waals surface area contributed by atoms with E-state index in [2.05, 4.69) is 19.9 Å². The average molecular weight is 584 g/mol. The third kappa shape index (κ3) is 6.67. The maximum absolute atomic E-state index is 13.8. The first-order valence-electron chi connectivity index (χ1n) is 12.5. The van der Waals surface area contributed by atoms with Crippen molar-refractivity contribution in [3.05, 3.63) is 99.7 Å². The van der Waals surface area contributed by atoms with Gasteiger partial charge in [0.1, 0.15) is 16.7 Å². The van der Waals surface area contributed by atoms with Crippen molar-refractivity contribution in [3.63, 3.8) is 0 Å². The van der Waals surface area contributed by atoms with Crippen LogP contribution in [-0.2, 0) is 19.5 Å². The van der Waals surface area contributed by atoms with Crippen molar-refractivity contribution in [1.29, 1.82) is 5.26 Å². The normalized spacial score (nSPS) is 13.8. The second-order valence-electron chi connectivity index (χ2n) is 9.41. The molecule has 1 aliphatic rings. The minimum Gasteiger partial charge on any atom is -0.406 e. The Hall–Kier alpha value is -4.40. The number of amides is 1. The van der Waals surface area contributed by atoms with Crippen LogP contribution < -0.4 is 10.1 Å². The van der Waals surface area contributed by atoms with Crippen LogP contribution in [0.15, 0.2) is 60.8 Å². The number of alkyl halides is 3. The molecule has 0 fully saturated rings. The summed E-state index contributed by atoms with van der Waals surface area (Å²) in [5, 5.41) is 12.7. The van der Waals surface area contributed by atoms with Gasteiger partial charge in [0.15, 0.2) is 0 Å². The monoisotopic (exact) mass is 583 g/mol. The minimum atomic E-state index is -4.86. The number of nitrogens with zero attached hydrogens (tertiary/aromatic N) is 4. The maximum atomic E-state index is 13.8. The molecule has 4 aromatic rings. The number of rotatable bonds is 6. The van der Waals surface area contributed by atoms with Gasteiger partial charge in [-0.3, -0.25) is 9.47 Å². The highest BCUT2D eigenvalue weighted by atomic mass is 35.5. The average Bonchev–Trinajstić information content (AvgIpc) is 3.23. The van der Waals surface area contributed by atoms with Crippen molar-refractivity contribution in [1.82, 2.24) is 19.8 Å². The number of nitriles is 1. The smallest absolute Gasteiger partial charge is 0.406 e. The van der Waals surface area contributed by atoms with Crippen molar-refractivity contribution < 1.29 is 27.1 Å². The van der Waals surface area contributed by atoms with Crippen molar-refractivity contribution in [2.45, 2.75) is 25.9 Å². The van der Waals surface area contributed by atoms with Crippen LogP contribution in [0, 0.1) is 17.1 Å². The van der Waals surface area contributed by atoms with Crippen molar-refractivity contribution in [2.75, 3.05) is 13.1 Å². The first-order valence-corrected chi connectivity index (χ1v) is 12.9. The lowest BCUT2D eigenvalue weighted by Crippen LogP contribution is -2.34. The van der Waals surface area contributed by atoms with Gasteiger partial charge < -0.3 is 10.1 Å². The van der Waals surface area contributed by atoms with Crippen LogP contribution in [0.3, 0.4) is 0 Å². The molecule has 0 saturated carbocycles. The molecule has 2 aromatic carbocycles. The van der Waals surface area contributed by atoms with Crippen molar-refractivity contribution in [2.24, 2.45) is 0 Å². The first-order chi connectivity index (χ1) is 19.6. The zero-order chi connectivity index (χ0) is 29.1. The molecular weight excluding hydrogens is 562 g/mol. The molecule has 0 saturated heterocycles. The van der Waals surface area contributed by atoms with Gasteiger partial charge in [-0.15, -0.1) is 13.2 Å². The summed E-state index contributed by atoms with van der Waals surface area (Å²) in [4.78, 5) is 19.3. The number of ether oxygens (including phenoxy) is 1. The van der Waals surface area contributed by atoms with Gasteiger partial charge in [-0.05, 0) is 65.2 Å². The molecule has 0 spiro atoms. The summed E-state index contributed by atoms with van der Waals surface area (Å²) in [6, 6.07) is 12.8. The second kappa shape index (κ2) is 11.6. The van der Waals surface area contributed by atoms with Crippen LogP contribution in [0.1, 0.15) is 27.9 Å². The van der Waals surface area contributed by atoms with E-state index in [-0.39, 0.29) is 23.0 Å². The van der Waals surface area contributed by atoms with Crippen molar-refractivity contribution in [3.8, 4) is 11.8 Å². The van der Waals surface area contributed by atoms with Gasteiger partial charge in [-0.1, -0.05) is 23.8 Å². The van der Waals surface area contributed by atoms with Gasteiger partial charge in [-0.2, -0.15) is 5.26 Å². The van der Waals surface area contributed by atoms with Crippen molar-refractivity contribution >= 4 is 34.6 Å². The number of carbonyl (C=O) groups excluding carboxylic acids is 1. The van der Waals surface area contributed by atoms with E-state index in [1.807, 2.05) is 12.1 Å². The van der Waals surface area contributed by atoms with Gasteiger partial charge in [-0.25, -0.2) is 14.2 Å². The van der Waals surface area contributed by atoms with Gasteiger partial charge in [0, 0.05) is 49.9 Å². The van der Waals surface area contributed by atoms with Crippen LogP contribution in [0.2, 0.25) is 5.15 Å². The number of nitrogens with one attached hydrogen (secondary N) is 1. The van der Waals surface area contributed by atoms with Gasteiger partial charge in [0.25, 0.3) is 0 Å². The third-order valence-corrected chi connectivity index (χ3v) is 6.80. The van der Waals surface area contributed by atoms with E-state index in [0.717, 1.165) is 11.6 Å². The lowest BCUT2D eigenvalue weighted by molar-refractivity contribution is -0.274. The highest BCUT2D eigenvalue weighted by molar-refractivity contribution is 6.29. The molecule has 1 N–H and O–H groups in total. The fraction of sp³-hybridized carbons (Fsp3) is 0.207. The molecule has 210 valence electrons.